The first-order valence-corrected chi connectivity index (χ1v) is 7.99. The summed E-state index contributed by atoms with van der Waals surface area (Å²) in [5.41, 5.74) is 1.88. The van der Waals surface area contributed by atoms with E-state index in [1.165, 1.54) is 18.2 Å². The molecule has 0 radical (unpaired) electrons. The van der Waals surface area contributed by atoms with Gasteiger partial charge in [0.2, 0.25) is 0 Å². The number of fused-ring (bicyclic) bond motifs is 1. The summed E-state index contributed by atoms with van der Waals surface area (Å²) in [7, 11) is 0. The van der Waals surface area contributed by atoms with E-state index < -0.39 is 0 Å². The van der Waals surface area contributed by atoms with Gasteiger partial charge < -0.3 is 9.73 Å². The molecule has 0 fully saturated rings. The number of hydrogen-bond donors (Lipinski definition) is 1. The lowest BCUT2D eigenvalue weighted by Gasteiger charge is -2.06. The second-order valence-corrected chi connectivity index (χ2v) is 6.54. The molecule has 6 heteroatoms. The molecule has 0 spiro atoms. The number of halogens is 3. The first-order chi connectivity index (χ1) is 10.5. The zero-order valence-electron chi connectivity index (χ0n) is 11.4. The Labute approximate surface area is 142 Å². The number of carbonyl (C=O) groups is 1. The van der Waals surface area contributed by atoms with Crippen molar-refractivity contribution >= 4 is 54.4 Å². The highest BCUT2D eigenvalue weighted by atomic mass is 79.9. The van der Waals surface area contributed by atoms with Crippen LogP contribution in [-0.4, -0.2) is 5.91 Å². The topological polar surface area (TPSA) is 42.2 Å². The van der Waals surface area contributed by atoms with Gasteiger partial charge in [0.1, 0.15) is 11.4 Å². The van der Waals surface area contributed by atoms with Crippen LogP contribution in [0, 0.1) is 12.7 Å². The highest BCUT2D eigenvalue weighted by Gasteiger charge is 2.18. The first kappa shape index (κ1) is 15.2. The third kappa shape index (κ3) is 2.80. The zero-order valence-corrected chi connectivity index (χ0v) is 14.6. The minimum absolute atomic E-state index is 0.240. The van der Waals surface area contributed by atoms with Crippen molar-refractivity contribution in [1.82, 2.24) is 0 Å². The molecule has 1 heterocycles. The molecule has 0 saturated heterocycles. The van der Waals surface area contributed by atoms with Gasteiger partial charge in [0, 0.05) is 19.9 Å². The normalized spacial score (nSPS) is 10.9. The van der Waals surface area contributed by atoms with Gasteiger partial charge in [0.15, 0.2) is 5.76 Å². The van der Waals surface area contributed by atoms with Gasteiger partial charge in [0.25, 0.3) is 5.91 Å². The smallest absolute Gasteiger partial charge is 0.291 e. The number of amides is 1. The van der Waals surface area contributed by atoms with Gasteiger partial charge in [-0.25, -0.2) is 4.39 Å². The minimum Gasteiger partial charge on any atom is -0.451 e. The number of carbonyl (C=O) groups excluding carboxylic acids is 1. The van der Waals surface area contributed by atoms with Crippen molar-refractivity contribution in [2.75, 3.05) is 5.32 Å². The van der Waals surface area contributed by atoms with E-state index in [4.69, 9.17) is 4.42 Å². The molecule has 0 saturated carbocycles. The molecule has 1 N–H and O–H groups in total. The SMILES string of the molecule is Cc1c(C(=O)Nc2ccc(F)cc2Br)oc2ccc(Br)cc12. The number of furan rings is 1. The molecule has 1 amide bonds. The van der Waals surface area contributed by atoms with E-state index in [1.54, 1.807) is 6.07 Å². The van der Waals surface area contributed by atoms with Crippen molar-refractivity contribution in [3.8, 4) is 0 Å². The lowest BCUT2D eigenvalue weighted by Crippen LogP contribution is -2.12. The third-order valence-corrected chi connectivity index (χ3v) is 4.43. The van der Waals surface area contributed by atoms with Gasteiger partial charge in [-0.15, -0.1) is 0 Å². The van der Waals surface area contributed by atoms with Crippen molar-refractivity contribution < 1.29 is 13.6 Å². The lowest BCUT2D eigenvalue weighted by molar-refractivity contribution is 0.0998. The Morgan fingerprint density at radius 2 is 1.95 bits per heavy atom. The number of nitrogens with one attached hydrogen (secondary N) is 1. The molecule has 3 rings (SSSR count). The summed E-state index contributed by atoms with van der Waals surface area (Å²) in [6, 6.07) is 9.62. The van der Waals surface area contributed by atoms with Crippen LogP contribution in [0.4, 0.5) is 10.1 Å². The highest BCUT2D eigenvalue weighted by Crippen LogP contribution is 2.29. The molecular weight excluding hydrogens is 417 g/mol. The average molecular weight is 427 g/mol. The number of benzene rings is 2. The summed E-state index contributed by atoms with van der Waals surface area (Å²) in [4.78, 5) is 12.4. The van der Waals surface area contributed by atoms with E-state index >= 15 is 0 Å². The van der Waals surface area contributed by atoms with Gasteiger partial charge in [-0.1, -0.05) is 15.9 Å². The Hall–Kier alpha value is -1.66. The van der Waals surface area contributed by atoms with Crippen molar-refractivity contribution in [2.45, 2.75) is 6.92 Å². The summed E-state index contributed by atoms with van der Waals surface area (Å²) in [6.45, 7) is 1.83. The van der Waals surface area contributed by atoms with Crippen molar-refractivity contribution in [2.24, 2.45) is 0 Å². The molecule has 1 aromatic heterocycles. The van der Waals surface area contributed by atoms with Crippen LogP contribution < -0.4 is 5.32 Å². The van der Waals surface area contributed by atoms with E-state index in [9.17, 15) is 9.18 Å². The summed E-state index contributed by atoms with van der Waals surface area (Å²) >= 11 is 6.62. The molecule has 112 valence electrons. The molecule has 0 unspecified atom stereocenters. The largest absolute Gasteiger partial charge is 0.451 e. The fourth-order valence-electron chi connectivity index (χ4n) is 2.18. The van der Waals surface area contributed by atoms with Crippen LogP contribution in [0.3, 0.4) is 0 Å². The summed E-state index contributed by atoms with van der Waals surface area (Å²) in [5.74, 6) is -0.518. The average Bonchev–Trinajstić information content (AvgIpc) is 2.79. The maximum absolute atomic E-state index is 13.1. The number of anilines is 1. The fraction of sp³-hybridized carbons (Fsp3) is 0.0625. The second kappa shape index (κ2) is 5.85. The van der Waals surface area contributed by atoms with Crippen LogP contribution in [0.1, 0.15) is 16.1 Å². The standard InChI is InChI=1S/C16H10Br2FNO2/c1-8-11-6-9(17)2-5-14(11)22-15(8)16(21)20-13-4-3-10(19)7-12(13)18/h2-7H,1H3,(H,20,21). The van der Waals surface area contributed by atoms with Crippen LogP contribution in [-0.2, 0) is 0 Å². The fourth-order valence-corrected chi connectivity index (χ4v) is 2.99. The molecule has 0 atom stereocenters. The minimum atomic E-state index is -0.380. The molecule has 0 aliphatic rings. The van der Waals surface area contributed by atoms with Crippen molar-refractivity contribution in [3.63, 3.8) is 0 Å². The number of rotatable bonds is 2. The van der Waals surface area contributed by atoms with Crippen LogP contribution in [0.25, 0.3) is 11.0 Å². The Morgan fingerprint density at radius 1 is 1.18 bits per heavy atom. The van der Waals surface area contributed by atoms with Crippen LogP contribution in [0.5, 0.6) is 0 Å². The molecule has 3 aromatic rings. The predicted molar refractivity (Wildman–Crippen MR) is 90.7 cm³/mol. The second-order valence-electron chi connectivity index (χ2n) is 4.77. The summed E-state index contributed by atoms with van der Waals surface area (Å²) < 4.78 is 20.1. The van der Waals surface area contributed by atoms with Gasteiger partial charge in [-0.2, -0.15) is 0 Å². The van der Waals surface area contributed by atoms with E-state index in [0.29, 0.717) is 15.7 Å². The van der Waals surface area contributed by atoms with Crippen LogP contribution in [0.15, 0.2) is 49.8 Å². The Bertz CT molecular complexity index is 889. The molecule has 0 bridgehead atoms. The van der Waals surface area contributed by atoms with Gasteiger partial charge in [-0.3, -0.25) is 4.79 Å². The van der Waals surface area contributed by atoms with Crippen molar-refractivity contribution in [3.05, 3.63) is 62.5 Å². The highest BCUT2D eigenvalue weighted by molar-refractivity contribution is 9.10. The van der Waals surface area contributed by atoms with Gasteiger partial charge in [0.05, 0.1) is 5.69 Å². The summed E-state index contributed by atoms with van der Waals surface area (Å²) in [5, 5.41) is 3.59. The zero-order chi connectivity index (χ0) is 15.9. The molecule has 0 aliphatic heterocycles. The molecule has 2 aromatic carbocycles. The lowest BCUT2D eigenvalue weighted by atomic mass is 10.1. The monoisotopic (exact) mass is 425 g/mol. The molecule has 3 nitrogen and oxygen atoms in total. The predicted octanol–water partition coefficient (Wildman–Crippen LogP) is 5.66. The van der Waals surface area contributed by atoms with Crippen LogP contribution in [0.2, 0.25) is 0 Å². The Morgan fingerprint density at radius 3 is 2.68 bits per heavy atom. The number of hydrogen-bond acceptors (Lipinski definition) is 2. The molecular formula is C16H10Br2FNO2. The molecule has 22 heavy (non-hydrogen) atoms. The number of aryl methyl sites for hydroxylation is 1. The Kier molecular flexibility index (Phi) is 4.06. The third-order valence-electron chi connectivity index (χ3n) is 3.28. The maximum atomic E-state index is 13.1. The van der Waals surface area contributed by atoms with Gasteiger partial charge in [-0.05, 0) is 59.3 Å². The summed E-state index contributed by atoms with van der Waals surface area (Å²) in [6.07, 6.45) is 0. The maximum Gasteiger partial charge on any atom is 0.291 e. The van der Waals surface area contributed by atoms with E-state index in [2.05, 4.69) is 37.2 Å². The van der Waals surface area contributed by atoms with E-state index in [1.807, 2.05) is 19.1 Å². The molecule has 0 aliphatic carbocycles. The van der Waals surface area contributed by atoms with E-state index in [-0.39, 0.29) is 17.5 Å². The Balaban J connectivity index is 1.97. The van der Waals surface area contributed by atoms with Crippen molar-refractivity contribution in [1.29, 1.82) is 0 Å². The first-order valence-electron chi connectivity index (χ1n) is 6.41. The van der Waals surface area contributed by atoms with Gasteiger partial charge >= 0.3 is 0 Å². The van der Waals surface area contributed by atoms with Crippen LogP contribution >= 0.6 is 31.9 Å². The van der Waals surface area contributed by atoms with E-state index in [0.717, 1.165) is 15.4 Å². The quantitative estimate of drug-likeness (QED) is 0.574.